The fourth-order valence-corrected chi connectivity index (χ4v) is 1.28. The van der Waals surface area contributed by atoms with Gasteiger partial charge in [0.1, 0.15) is 0 Å². The number of hydrogen-bond donors (Lipinski definition) is 1. The Morgan fingerprint density at radius 1 is 1.41 bits per heavy atom. The number of nitrogens with one attached hydrogen (secondary N) is 1. The Morgan fingerprint density at radius 2 is 2.12 bits per heavy atom. The van der Waals surface area contributed by atoms with Gasteiger partial charge >= 0.3 is 0 Å². The molecule has 0 unspecified atom stereocenters. The lowest BCUT2D eigenvalue weighted by atomic mass is 10.1. The van der Waals surface area contributed by atoms with Crippen molar-refractivity contribution in [1.82, 2.24) is 5.32 Å². The minimum absolute atomic E-state index is 0.0781. The molecule has 1 N–H and O–H groups in total. The lowest BCUT2D eigenvalue weighted by Gasteiger charge is -2.09. The molecule has 0 saturated heterocycles. The van der Waals surface area contributed by atoms with Crippen molar-refractivity contribution in [3.8, 4) is 0 Å². The maximum Gasteiger partial charge on any atom is 0.191 e. The number of carbonyl (C=O) groups is 1. The first kappa shape index (κ1) is 13.0. The molecule has 3 nitrogen and oxygen atoms in total. The van der Waals surface area contributed by atoms with E-state index in [4.69, 9.17) is 4.74 Å². The van der Waals surface area contributed by atoms with Crippen LogP contribution in [0.3, 0.4) is 0 Å². The number of rotatable bonds is 7. The number of hydrogen-bond acceptors (Lipinski definition) is 3. The lowest BCUT2D eigenvalue weighted by molar-refractivity contribution is 0.103. The van der Waals surface area contributed by atoms with Gasteiger partial charge in [-0.05, 0) is 6.92 Å². The molecule has 0 atom stereocenters. The van der Waals surface area contributed by atoms with Crippen LogP contribution in [0.4, 0.5) is 0 Å². The molecule has 0 radical (unpaired) electrons. The number of benzene rings is 1. The van der Waals surface area contributed by atoms with Gasteiger partial charge in [0.25, 0.3) is 0 Å². The minimum atomic E-state index is -0.0781. The summed E-state index contributed by atoms with van der Waals surface area (Å²) in [4.78, 5) is 11.9. The third kappa shape index (κ3) is 4.55. The van der Waals surface area contributed by atoms with Gasteiger partial charge in [-0.25, -0.2) is 0 Å². The molecule has 17 heavy (non-hydrogen) atoms. The normalized spacial score (nSPS) is 10.8. The molecule has 3 heteroatoms. The summed E-state index contributed by atoms with van der Waals surface area (Å²) in [6.07, 6.45) is 3.17. The molecule has 0 fully saturated rings. The largest absolute Gasteiger partial charge is 0.479 e. The van der Waals surface area contributed by atoms with Crippen molar-refractivity contribution in [3.05, 3.63) is 60.5 Å². The predicted molar refractivity (Wildman–Crippen MR) is 68.7 cm³/mol. The monoisotopic (exact) mass is 231 g/mol. The fourth-order valence-electron chi connectivity index (χ4n) is 1.28. The number of carbonyl (C=O) groups excluding carboxylic acids is 1. The van der Waals surface area contributed by atoms with Gasteiger partial charge in [0, 0.05) is 18.2 Å². The molecule has 90 valence electrons. The predicted octanol–water partition coefficient (Wildman–Crippen LogP) is 2.52. The lowest BCUT2D eigenvalue weighted by Crippen LogP contribution is -2.17. The Bertz CT molecular complexity index is 396. The molecule has 0 aliphatic carbocycles. The van der Waals surface area contributed by atoms with Crippen molar-refractivity contribution in [1.29, 1.82) is 0 Å². The second kappa shape index (κ2) is 7.28. The first-order valence-electron chi connectivity index (χ1n) is 5.56. The second-order valence-electron chi connectivity index (χ2n) is 3.34. The molecular weight excluding hydrogens is 214 g/mol. The van der Waals surface area contributed by atoms with Gasteiger partial charge in [-0.15, -0.1) is 6.58 Å². The van der Waals surface area contributed by atoms with E-state index in [-0.39, 0.29) is 5.78 Å². The third-order valence-electron chi connectivity index (χ3n) is 2.04. The third-order valence-corrected chi connectivity index (χ3v) is 2.04. The van der Waals surface area contributed by atoms with E-state index >= 15 is 0 Å². The molecule has 0 aliphatic rings. The summed E-state index contributed by atoms with van der Waals surface area (Å²) in [5, 5.41) is 2.97. The number of ketones is 1. The Labute approximate surface area is 102 Å². The zero-order chi connectivity index (χ0) is 12.5. The molecule has 0 aromatic heterocycles. The summed E-state index contributed by atoms with van der Waals surface area (Å²) in [6.45, 7) is 6.55. The van der Waals surface area contributed by atoms with E-state index in [9.17, 15) is 4.79 Å². The highest BCUT2D eigenvalue weighted by molar-refractivity contribution is 6.04. The van der Waals surface area contributed by atoms with Crippen LogP contribution in [0.1, 0.15) is 17.3 Å². The summed E-state index contributed by atoms with van der Waals surface area (Å²) in [5.74, 6) is 0.395. The molecule has 1 rings (SSSR count). The first-order chi connectivity index (χ1) is 8.27. The van der Waals surface area contributed by atoms with Crippen LogP contribution in [0.15, 0.2) is 54.9 Å². The van der Waals surface area contributed by atoms with Crippen LogP contribution >= 0.6 is 0 Å². The fraction of sp³-hybridized carbons (Fsp3) is 0.214. The van der Waals surface area contributed by atoms with Gasteiger partial charge in [-0.2, -0.15) is 0 Å². The highest BCUT2D eigenvalue weighted by Gasteiger charge is 2.04. The molecule has 0 amide bonds. The van der Waals surface area contributed by atoms with Crippen LogP contribution < -0.4 is 5.32 Å². The van der Waals surface area contributed by atoms with Crippen molar-refractivity contribution in [2.24, 2.45) is 0 Å². The van der Waals surface area contributed by atoms with Gasteiger partial charge in [0.05, 0.1) is 6.61 Å². The maximum absolute atomic E-state index is 11.9. The maximum atomic E-state index is 11.9. The molecule has 0 spiro atoms. The van der Waals surface area contributed by atoms with Crippen LogP contribution in [-0.4, -0.2) is 18.9 Å². The summed E-state index contributed by atoms with van der Waals surface area (Å²) in [7, 11) is 0. The SMILES string of the molecule is C=CCN/C(=C\C(=O)c1ccccc1)OCC. The highest BCUT2D eigenvalue weighted by Crippen LogP contribution is 2.03. The molecular formula is C14H17NO2. The van der Waals surface area contributed by atoms with Crippen LogP contribution in [0.5, 0.6) is 0 Å². The molecule has 0 bridgehead atoms. The summed E-state index contributed by atoms with van der Waals surface area (Å²) >= 11 is 0. The topological polar surface area (TPSA) is 38.3 Å². The summed E-state index contributed by atoms with van der Waals surface area (Å²) < 4.78 is 5.32. The van der Waals surface area contributed by atoms with Gasteiger partial charge in [0.2, 0.25) is 0 Å². The number of allylic oxidation sites excluding steroid dienone is 1. The van der Waals surface area contributed by atoms with Crippen molar-refractivity contribution in [2.45, 2.75) is 6.92 Å². The Hall–Kier alpha value is -2.03. The van der Waals surface area contributed by atoms with Crippen LogP contribution in [0.25, 0.3) is 0 Å². The van der Waals surface area contributed by atoms with Crippen molar-refractivity contribution < 1.29 is 9.53 Å². The highest BCUT2D eigenvalue weighted by atomic mass is 16.5. The Balaban J connectivity index is 2.75. The van der Waals surface area contributed by atoms with Crippen LogP contribution in [-0.2, 0) is 4.74 Å². The Morgan fingerprint density at radius 3 is 2.71 bits per heavy atom. The van der Waals surface area contributed by atoms with E-state index in [0.717, 1.165) is 0 Å². The Kier molecular flexibility index (Phi) is 5.58. The second-order valence-corrected chi connectivity index (χ2v) is 3.34. The van der Waals surface area contributed by atoms with Gasteiger partial charge in [-0.3, -0.25) is 4.79 Å². The molecule has 1 aromatic carbocycles. The summed E-state index contributed by atoms with van der Waals surface area (Å²) in [5.41, 5.74) is 0.644. The van der Waals surface area contributed by atoms with E-state index < -0.39 is 0 Å². The molecule has 0 saturated carbocycles. The van der Waals surface area contributed by atoms with E-state index in [2.05, 4.69) is 11.9 Å². The zero-order valence-electron chi connectivity index (χ0n) is 9.98. The molecule has 0 aliphatic heterocycles. The van der Waals surface area contributed by atoms with Gasteiger partial charge < -0.3 is 10.1 Å². The van der Waals surface area contributed by atoms with E-state index in [1.165, 1.54) is 6.08 Å². The quantitative estimate of drug-likeness (QED) is 0.339. The van der Waals surface area contributed by atoms with Crippen molar-refractivity contribution in [2.75, 3.05) is 13.2 Å². The summed E-state index contributed by atoms with van der Waals surface area (Å²) in [6, 6.07) is 9.09. The van der Waals surface area contributed by atoms with E-state index in [0.29, 0.717) is 24.6 Å². The average molecular weight is 231 g/mol. The average Bonchev–Trinajstić information content (AvgIpc) is 2.37. The van der Waals surface area contributed by atoms with Gasteiger partial charge in [0.15, 0.2) is 11.7 Å². The van der Waals surface area contributed by atoms with Gasteiger partial charge in [-0.1, -0.05) is 36.4 Å². The smallest absolute Gasteiger partial charge is 0.191 e. The van der Waals surface area contributed by atoms with E-state index in [1.54, 1.807) is 18.2 Å². The van der Waals surface area contributed by atoms with Crippen molar-refractivity contribution >= 4 is 5.78 Å². The number of ether oxygens (including phenoxy) is 1. The standard InChI is InChI=1S/C14H17NO2/c1-3-10-15-14(17-4-2)11-13(16)12-8-6-5-7-9-12/h3,5-9,11,15H,1,4,10H2,2H3/b14-11+. The van der Waals surface area contributed by atoms with E-state index in [1.807, 2.05) is 25.1 Å². The van der Waals surface area contributed by atoms with Crippen LogP contribution in [0, 0.1) is 0 Å². The molecule has 0 heterocycles. The van der Waals surface area contributed by atoms with Crippen LogP contribution in [0.2, 0.25) is 0 Å². The van der Waals surface area contributed by atoms with Crippen molar-refractivity contribution in [3.63, 3.8) is 0 Å². The minimum Gasteiger partial charge on any atom is -0.479 e. The first-order valence-corrected chi connectivity index (χ1v) is 5.56. The zero-order valence-corrected chi connectivity index (χ0v) is 9.98. The molecule has 1 aromatic rings.